The fourth-order valence-electron chi connectivity index (χ4n) is 1.90. The Labute approximate surface area is 116 Å². The second-order valence-electron chi connectivity index (χ2n) is 4.10. The van der Waals surface area contributed by atoms with Gasteiger partial charge in [0.1, 0.15) is 28.1 Å². The molecule has 2 atom stereocenters. The number of ether oxygens (including phenoxy) is 2. The number of benzene rings is 1. The van der Waals surface area contributed by atoms with Crippen molar-refractivity contribution in [3.05, 3.63) is 18.2 Å². The fourth-order valence-corrected chi connectivity index (χ4v) is 1.90. The molecule has 0 spiro atoms. The molecule has 0 saturated carbocycles. The first kappa shape index (κ1) is 13.8. The first-order chi connectivity index (χ1) is 9.22. The molecule has 2 unspecified atom stereocenters. The van der Waals surface area contributed by atoms with Crippen LogP contribution in [0.15, 0.2) is 23.2 Å². The normalized spacial score (nSPS) is 23.8. The molecule has 19 heavy (non-hydrogen) atoms. The Hall–Kier alpha value is -1.58. The van der Waals surface area contributed by atoms with Gasteiger partial charge in [0.15, 0.2) is 17.6 Å². The molecule has 0 bridgehead atoms. The van der Waals surface area contributed by atoms with E-state index >= 15 is 0 Å². The lowest BCUT2D eigenvalue weighted by Gasteiger charge is -2.27. The predicted octanol–water partition coefficient (Wildman–Crippen LogP) is 0.143. The van der Waals surface area contributed by atoms with Crippen molar-refractivity contribution in [2.45, 2.75) is 25.9 Å². The van der Waals surface area contributed by atoms with E-state index in [0.29, 0.717) is 30.1 Å². The van der Waals surface area contributed by atoms with Crippen LogP contribution in [-0.4, -0.2) is 46.7 Å². The Kier molecular flexibility index (Phi) is 4.40. The number of nitrogens with zero attached hydrogens (tertiary/aromatic N) is 1. The zero-order chi connectivity index (χ0) is 13.8. The van der Waals surface area contributed by atoms with Crippen LogP contribution in [0.2, 0.25) is 0 Å². The van der Waals surface area contributed by atoms with E-state index < -0.39 is 0 Å². The monoisotopic (exact) mass is 254 g/mol. The average molecular weight is 254 g/mol. The molecule has 96 valence electrons. The second-order valence-corrected chi connectivity index (χ2v) is 4.10. The highest BCUT2D eigenvalue weighted by Crippen LogP contribution is 2.30. The van der Waals surface area contributed by atoms with Gasteiger partial charge in [-0.15, -0.1) is 0 Å². The molecule has 6 heteroatoms. The lowest BCUT2D eigenvalue weighted by Crippen LogP contribution is -2.44. The SMILES string of the molecule is CC.[B]c1ccc2c(c1)OC(C1=NCC([B])N1)CO2. The average Bonchev–Trinajstić information content (AvgIpc) is 2.87. The summed E-state index contributed by atoms with van der Waals surface area (Å²) in [6.07, 6.45) is -0.238. The minimum Gasteiger partial charge on any atom is -0.485 e. The third kappa shape index (κ3) is 3.06. The van der Waals surface area contributed by atoms with Crippen LogP contribution >= 0.6 is 0 Å². The number of fused-ring (bicyclic) bond motifs is 1. The van der Waals surface area contributed by atoms with Crippen molar-refractivity contribution in [3.63, 3.8) is 0 Å². The summed E-state index contributed by atoms with van der Waals surface area (Å²) in [5.74, 6) is 1.96. The number of nitrogens with one attached hydrogen (secondary N) is 1. The molecule has 2 aliphatic rings. The van der Waals surface area contributed by atoms with Crippen LogP contribution in [0.5, 0.6) is 11.5 Å². The van der Waals surface area contributed by atoms with E-state index in [1.54, 1.807) is 18.2 Å². The molecule has 1 aromatic carbocycles. The van der Waals surface area contributed by atoms with Crippen LogP contribution in [-0.2, 0) is 0 Å². The Morgan fingerprint density at radius 3 is 2.79 bits per heavy atom. The van der Waals surface area contributed by atoms with E-state index in [1.807, 2.05) is 13.8 Å². The van der Waals surface area contributed by atoms with Crippen LogP contribution in [0.3, 0.4) is 0 Å². The number of aliphatic imine (C=N–C) groups is 1. The molecule has 0 fully saturated rings. The number of hydrogen-bond acceptors (Lipinski definition) is 4. The van der Waals surface area contributed by atoms with Crippen LogP contribution < -0.4 is 20.3 Å². The quantitative estimate of drug-likeness (QED) is 0.725. The molecular formula is C13H16B2N2O2. The predicted molar refractivity (Wildman–Crippen MR) is 78.1 cm³/mol. The van der Waals surface area contributed by atoms with Crippen LogP contribution in [0, 0.1) is 0 Å². The van der Waals surface area contributed by atoms with Crippen LogP contribution in [0.1, 0.15) is 13.8 Å². The first-order valence-corrected chi connectivity index (χ1v) is 6.48. The largest absolute Gasteiger partial charge is 0.485 e. The molecule has 4 radical (unpaired) electrons. The van der Waals surface area contributed by atoms with E-state index in [4.69, 9.17) is 25.2 Å². The smallest absolute Gasteiger partial charge is 0.189 e. The Morgan fingerprint density at radius 2 is 2.11 bits per heavy atom. The van der Waals surface area contributed by atoms with Gasteiger partial charge in [-0.2, -0.15) is 0 Å². The third-order valence-electron chi connectivity index (χ3n) is 2.72. The zero-order valence-electron chi connectivity index (χ0n) is 11.2. The Balaban J connectivity index is 0.000000637. The maximum atomic E-state index is 5.79. The molecular weight excluding hydrogens is 238 g/mol. The fraction of sp³-hybridized carbons (Fsp3) is 0.462. The summed E-state index contributed by atoms with van der Waals surface area (Å²) in [6.45, 7) is 4.99. The van der Waals surface area contributed by atoms with E-state index in [1.165, 1.54) is 0 Å². The van der Waals surface area contributed by atoms with Crippen molar-refractivity contribution in [2.75, 3.05) is 13.2 Å². The Bertz CT molecular complexity index is 480. The van der Waals surface area contributed by atoms with Gasteiger partial charge < -0.3 is 14.8 Å². The molecule has 2 heterocycles. The maximum Gasteiger partial charge on any atom is 0.189 e. The van der Waals surface area contributed by atoms with Gasteiger partial charge in [0.25, 0.3) is 0 Å². The molecule has 1 aromatic rings. The summed E-state index contributed by atoms with van der Waals surface area (Å²) in [5.41, 5.74) is 0.644. The van der Waals surface area contributed by atoms with Gasteiger partial charge in [0, 0.05) is 5.94 Å². The van der Waals surface area contributed by atoms with Crippen molar-refractivity contribution in [1.29, 1.82) is 0 Å². The summed E-state index contributed by atoms with van der Waals surface area (Å²) in [6, 6.07) is 5.33. The summed E-state index contributed by atoms with van der Waals surface area (Å²) < 4.78 is 11.4. The van der Waals surface area contributed by atoms with Gasteiger partial charge in [0.05, 0.1) is 6.54 Å². The summed E-state index contributed by atoms with van der Waals surface area (Å²) in [4.78, 5) is 4.28. The van der Waals surface area contributed by atoms with Gasteiger partial charge in [-0.05, 0) is 12.1 Å². The van der Waals surface area contributed by atoms with Crippen molar-refractivity contribution in [2.24, 2.45) is 4.99 Å². The molecule has 0 aliphatic carbocycles. The number of amidine groups is 1. The van der Waals surface area contributed by atoms with Gasteiger partial charge in [-0.3, -0.25) is 4.99 Å². The maximum absolute atomic E-state index is 5.79. The highest BCUT2D eigenvalue weighted by Gasteiger charge is 2.28. The zero-order valence-corrected chi connectivity index (χ0v) is 11.2. The van der Waals surface area contributed by atoms with Crippen molar-refractivity contribution >= 4 is 27.0 Å². The Morgan fingerprint density at radius 1 is 1.32 bits per heavy atom. The third-order valence-corrected chi connectivity index (χ3v) is 2.72. The minimum atomic E-state index is -0.238. The van der Waals surface area contributed by atoms with Gasteiger partial charge >= 0.3 is 0 Å². The number of hydrogen-bond donors (Lipinski definition) is 1. The van der Waals surface area contributed by atoms with Crippen molar-refractivity contribution < 1.29 is 9.47 Å². The highest BCUT2D eigenvalue weighted by molar-refractivity contribution is 6.32. The minimum absolute atomic E-state index is 0.129. The molecule has 0 amide bonds. The van der Waals surface area contributed by atoms with E-state index in [0.717, 1.165) is 5.84 Å². The van der Waals surface area contributed by atoms with Crippen molar-refractivity contribution in [1.82, 2.24) is 5.32 Å². The van der Waals surface area contributed by atoms with Gasteiger partial charge in [0.2, 0.25) is 0 Å². The van der Waals surface area contributed by atoms with Crippen molar-refractivity contribution in [3.8, 4) is 11.5 Å². The summed E-state index contributed by atoms with van der Waals surface area (Å²) >= 11 is 0. The first-order valence-electron chi connectivity index (χ1n) is 6.48. The molecule has 1 N–H and O–H groups in total. The van der Waals surface area contributed by atoms with Crippen LogP contribution in [0.4, 0.5) is 0 Å². The van der Waals surface area contributed by atoms with E-state index in [-0.39, 0.29) is 12.0 Å². The molecule has 3 rings (SSSR count). The van der Waals surface area contributed by atoms with Gasteiger partial charge in [-0.25, -0.2) is 0 Å². The van der Waals surface area contributed by atoms with Gasteiger partial charge in [-0.1, -0.05) is 25.4 Å². The summed E-state index contributed by atoms with van der Waals surface area (Å²) in [7, 11) is 11.4. The standard InChI is InChI=1S/C11H10B2N2O2.C2H6/c12-6-1-2-7-8(3-6)17-9(5-16-7)11-14-4-10(13)15-11;1-2/h1-3,9-10H,4-5H2,(H,14,15);1-2H3. The molecule has 0 aromatic heterocycles. The topological polar surface area (TPSA) is 42.8 Å². The van der Waals surface area contributed by atoms with Crippen LogP contribution in [0.25, 0.3) is 0 Å². The van der Waals surface area contributed by atoms with E-state index in [9.17, 15) is 0 Å². The lowest BCUT2D eigenvalue weighted by molar-refractivity contribution is 0.133. The highest BCUT2D eigenvalue weighted by atomic mass is 16.6. The second kappa shape index (κ2) is 6.04. The molecule has 0 saturated heterocycles. The molecule has 4 nitrogen and oxygen atoms in total. The number of rotatable bonds is 1. The molecule has 2 aliphatic heterocycles. The lowest BCUT2D eigenvalue weighted by atomic mass is 9.96. The van der Waals surface area contributed by atoms with E-state index in [2.05, 4.69) is 10.3 Å². The summed E-state index contributed by atoms with van der Waals surface area (Å²) in [5, 5.41) is 3.06.